The number of pyridine rings is 1. The summed E-state index contributed by atoms with van der Waals surface area (Å²) in [6.07, 6.45) is -0.374. The zero-order valence-corrected chi connectivity index (χ0v) is 19.9. The molecule has 198 valence electrons. The third kappa shape index (κ3) is 6.52. The minimum absolute atomic E-state index is 0.0540. The lowest BCUT2D eigenvalue weighted by Crippen LogP contribution is -2.21. The van der Waals surface area contributed by atoms with Gasteiger partial charge in [0.1, 0.15) is 18.6 Å². The third-order valence-electron chi connectivity index (χ3n) is 6.20. The maximum absolute atomic E-state index is 13.7. The smallest absolute Gasteiger partial charge is 0.405 e. The Morgan fingerprint density at radius 2 is 2.00 bits per heavy atom. The minimum atomic E-state index is -4.43. The molecule has 0 saturated heterocycles. The van der Waals surface area contributed by atoms with E-state index < -0.39 is 30.7 Å². The van der Waals surface area contributed by atoms with Crippen molar-refractivity contribution >= 4 is 17.4 Å². The summed E-state index contributed by atoms with van der Waals surface area (Å²) in [6, 6.07) is 2.65. The highest BCUT2D eigenvalue weighted by Gasteiger charge is 2.28. The molecular weight excluding hydrogens is 499 g/mol. The molecule has 1 saturated carbocycles. The van der Waals surface area contributed by atoms with Crippen LogP contribution in [0.3, 0.4) is 0 Å². The maximum Gasteiger partial charge on any atom is 0.405 e. The Hall–Kier alpha value is -3.77. The summed E-state index contributed by atoms with van der Waals surface area (Å²) in [7, 11) is 0. The Kier molecular flexibility index (Phi) is 7.60. The Morgan fingerprint density at radius 3 is 2.65 bits per heavy atom. The number of nitrogens with one attached hydrogen (secondary N) is 2. The van der Waals surface area contributed by atoms with Crippen molar-refractivity contribution in [1.29, 1.82) is 0 Å². The largest absolute Gasteiger partial charge is 0.444 e. The van der Waals surface area contributed by atoms with Crippen molar-refractivity contribution in [1.82, 2.24) is 19.7 Å². The fourth-order valence-electron chi connectivity index (χ4n) is 4.23. The highest BCUT2D eigenvalue weighted by Crippen LogP contribution is 2.37. The Balaban J connectivity index is 1.46. The van der Waals surface area contributed by atoms with Crippen LogP contribution in [0, 0.1) is 5.92 Å². The van der Waals surface area contributed by atoms with Gasteiger partial charge in [0.15, 0.2) is 11.4 Å². The monoisotopic (exact) mass is 524 g/mol. The minimum Gasteiger partial charge on any atom is -0.444 e. The lowest BCUT2D eigenvalue weighted by atomic mass is 9.82. The highest BCUT2D eigenvalue weighted by molar-refractivity contribution is 6.03. The third-order valence-corrected chi connectivity index (χ3v) is 6.20. The first-order valence-corrected chi connectivity index (χ1v) is 11.6. The van der Waals surface area contributed by atoms with Gasteiger partial charge in [0.05, 0.1) is 11.7 Å². The van der Waals surface area contributed by atoms with Gasteiger partial charge in [-0.25, -0.2) is 18.7 Å². The van der Waals surface area contributed by atoms with Gasteiger partial charge in [0.2, 0.25) is 5.89 Å². The van der Waals surface area contributed by atoms with Gasteiger partial charge in [-0.15, -0.1) is 0 Å². The van der Waals surface area contributed by atoms with E-state index in [2.05, 4.69) is 32.3 Å². The zero-order valence-electron chi connectivity index (χ0n) is 19.9. The van der Waals surface area contributed by atoms with E-state index in [9.17, 15) is 26.7 Å². The van der Waals surface area contributed by atoms with E-state index in [1.807, 2.05) is 6.92 Å². The number of carbonyl (C=O) groups excluding carboxylic acids is 1. The van der Waals surface area contributed by atoms with Gasteiger partial charge in [0.25, 0.3) is 12.3 Å². The molecule has 0 aromatic carbocycles. The molecule has 1 aliphatic rings. The van der Waals surface area contributed by atoms with Gasteiger partial charge in [-0.1, -0.05) is 12.2 Å². The fraction of sp³-hybridized carbons (Fsp3) is 0.417. The van der Waals surface area contributed by atoms with Crippen molar-refractivity contribution in [3.63, 3.8) is 0 Å². The molecule has 3 aromatic heterocycles. The van der Waals surface area contributed by atoms with Crippen LogP contribution in [0.2, 0.25) is 0 Å². The van der Waals surface area contributed by atoms with Crippen LogP contribution in [0.4, 0.5) is 33.5 Å². The Bertz CT molecular complexity index is 1260. The van der Waals surface area contributed by atoms with Gasteiger partial charge in [0, 0.05) is 18.0 Å². The van der Waals surface area contributed by atoms with Crippen LogP contribution in [-0.2, 0) is 0 Å². The van der Waals surface area contributed by atoms with E-state index >= 15 is 0 Å². The van der Waals surface area contributed by atoms with Crippen LogP contribution in [0.1, 0.15) is 61.3 Å². The number of hydrogen-bond acceptors (Lipinski definition) is 6. The molecule has 3 heterocycles. The Labute approximate surface area is 209 Å². The SMILES string of the molecule is C=C(C)C1CCC(n2cc(NC(=O)c3coc(-c4ccnc(NCC(F)(F)F)c4)n3)c(C(F)F)n2)CC1. The van der Waals surface area contributed by atoms with Crippen LogP contribution in [-0.4, -0.2) is 38.4 Å². The van der Waals surface area contributed by atoms with E-state index in [-0.39, 0.29) is 34.7 Å². The van der Waals surface area contributed by atoms with Gasteiger partial charge >= 0.3 is 6.18 Å². The fourth-order valence-corrected chi connectivity index (χ4v) is 4.23. The summed E-state index contributed by atoms with van der Waals surface area (Å²) in [5.41, 5.74) is 0.493. The summed E-state index contributed by atoms with van der Waals surface area (Å²) in [4.78, 5) is 20.6. The van der Waals surface area contributed by atoms with E-state index in [4.69, 9.17) is 4.42 Å². The van der Waals surface area contributed by atoms with Crippen LogP contribution in [0.15, 0.2) is 47.4 Å². The number of carbonyl (C=O) groups is 1. The molecule has 0 bridgehead atoms. The van der Waals surface area contributed by atoms with Crippen LogP contribution >= 0.6 is 0 Å². The molecule has 8 nitrogen and oxygen atoms in total. The molecule has 13 heteroatoms. The van der Waals surface area contributed by atoms with E-state index in [1.54, 1.807) is 0 Å². The first kappa shape index (κ1) is 26.3. The average Bonchev–Trinajstić information content (AvgIpc) is 3.51. The Morgan fingerprint density at radius 1 is 1.27 bits per heavy atom. The average molecular weight is 524 g/mol. The maximum atomic E-state index is 13.7. The quantitative estimate of drug-likeness (QED) is 0.261. The van der Waals surface area contributed by atoms with E-state index in [1.165, 1.54) is 29.2 Å². The number of oxazole rings is 1. The van der Waals surface area contributed by atoms with Crippen molar-refractivity contribution in [3.05, 3.63) is 54.3 Å². The second kappa shape index (κ2) is 10.7. The number of amides is 1. The van der Waals surface area contributed by atoms with Gasteiger partial charge in [-0.05, 0) is 50.7 Å². The second-order valence-electron chi connectivity index (χ2n) is 8.95. The molecule has 4 rings (SSSR count). The first-order chi connectivity index (χ1) is 17.5. The summed E-state index contributed by atoms with van der Waals surface area (Å²) < 4.78 is 71.4. The molecule has 0 unspecified atom stereocenters. The van der Waals surface area contributed by atoms with Gasteiger partial charge < -0.3 is 15.1 Å². The van der Waals surface area contributed by atoms with Gasteiger partial charge in [-0.3, -0.25) is 9.48 Å². The lowest BCUT2D eigenvalue weighted by molar-refractivity contribution is -0.115. The van der Waals surface area contributed by atoms with Crippen molar-refractivity contribution in [2.24, 2.45) is 5.92 Å². The standard InChI is InChI=1S/C24H25F5N6O2/c1-13(2)14-3-5-16(6-4-14)35-10-17(20(34-35)21(25)26)32-22(36)18-11-37-23(33-18)15-7-8-30-19(9-15)31-12-24(27,28)29/h7-11,14,16,21H,1,3-6,12H2,2H3,(H,30,31)(H,32,36). The van der Waals surface area contributed by atoms with Crippen molar-refractivity contribution in [2.45, 2.75) is 51.3 Å². The van der Waals surface area contributed by atoms with Crippen molar-refractivity contribution in [2.75, 3.05) is 17.2 Å². The number of allylic oxidation sites excluding steroid dienone is 1. The number of aromatic nitrogens is 4. The van der Waals surface area contributed by atoms with Crippen LogP contribution < -0.4 is 10.6 Å². The molecule has 0 spiro atoms. The summed E-state index contributed by atoms with van der Waals surface area (Å²) in [5, 5.41) is 8.60. The number of rotatable bonds is 8. The second-order valence-corrected chi connectivity index (χ2v) is 8.95. The van der Waals surface area contributed by atoms with Crippen LogP contribution in [0.25, 0.3) is 11.5 Å². The number of anilines is 2. The normalized spacial score (nSPS) is 18.1. The van der Waals surface area contributed by atoms with Crippen molar-refractivity contribution in [3.8, 4) is 11.5 Å². The van der Waals surface area contributed by atoms with Crippen molar-refractivity contribution < 1.29 is 31.2 Å². The summed E-state index contributed by atoms with van der Waals surface area (Å²) >= 11 is 0. The number of hydrogen-bond donors (Lipinski definition) is 2. The van der Waals surface area contributed by atoms with Gasteiger partial charge in [-0.2, -0.15) is 18.3 Å². The number of alkyl halides is 5. The molecule has 37 heavy (non-hydrogen) atoms. The summed E-state index contributed by atoms with van der Waals surface area (Å²) in [5.74, 6) is -0.516. The predicted octanol–water partition coefficient (Wildman–Crippen LogP) is 6.40. The summed E-state index contributed by atoms with van der Waals surface area (Å²) in [6.45, 7) is 4.69. The molecule has 2 N–H and O–H groups in total. The number of halogens is 5. The molecule has 0 radical (unpaired) electrons. The lowest BCUT2D eigenvalue weighted by Gasteiger charge is -2.28. The zero-order chi connectivity index (χ0) is 26.7. The van der Waals surface area contributed by atoms with E-state index in [0.29, 0.717) is 5.92 Å². The molecule has 0 aliphatic heterocycles. The molecule has 0 atom stereocenters. The number of nitrogens with zero attached hydrogens (tertiary/aromatic N) is 4. The van der Waals surface area contributed by atoms with Crippen LogP contribution in [0.5, 0.6) is 0 Å². The topological polar surface area (TPSA) is 97.9 Å². The molecule has 1 fully saturated rings. The van der Waals surface area contributed by atoms with E-state index in [0.717, 1.165) is 37.5 Å². The molecule has 1 aliphatic carbocycles. The molecule has 3 aromatic rings. The molecule has 1 amide bonds. The molecular formula is C24H25F5N6O2. The predicted molar refractivity (Wildman–Crippen MR) is 125 cm³/mol. The highest BCUT2D eigenvalue weighted by atomic mass is 19.4. The first-order valence-electron chi connectivity index (χ1n) is 11.6.